The third-order valence-electron chi connectivity index (χ3n) is 3.62. The summed E-state index contributed by atoms with van der Waals surface area (Å²) in [4.78, 5) is 9.72. The fourth-order valence-corrected chi connectivity index (χ4v) is 3.00. The van der Waals surface area contributed by atoms with Crippen molar-refractivity contribution in [3.63, 3.8) is 0 Å². The average Bonchev–Trinajstić information content (AvgIpc) is 2.63. The Morgan fingerprint density at radius 3 is 1.96 bits per heavy atom. The van der Waals surface area contributed by atoms with Crippen molar-refractivity contribution in [3.8, 4) is 28.0 Å². The highest BCUT2D eigenvalue weighted by Crippen LogP contribution is 2.48. The molecule has 0 aromatic heterocycles. The monoisotopic (exact) mass is 340 g/mol. The van der Waals surface area contributed by atoms with Crippen LogP contribution in [0.25, 0.3) is 22.3 Å². The number of phosphoric ester groups is 1. The van der Waals surface area contributed by atoms with E-state index in [1.807, 2.05) is 66.7 Å². The zero-order valence-corrected chi connectivity index (χ0v) is 14.0. The first-order valence-corrected chi connectivity index (χ1v) is 8.92. The number of phosphoric acid groups is 1. The molecular formula is C19H17O4P. The van der Waals surface area contributed by atoms with Gasteiger partial charge in [0.05, 0.1) is 0 Å². The predicted octanol–water partition coefficient (Wildman–Crippen LogP) is 5.15. The van der Waals surface area contributed by atoms with Crippen LogP contribution in [0.5, 0.6) is 5.75 Å². The quantitative estimate of drug-likeness (QED) is 0.653. The molecule has 3 aromatic rings. The second kappa shape index (κ2) is 7.02. The number of hydrogen-bond donors (Lipinski definition) is 1. The third-order valence-corrected chi connectivity index (χ3v) is 4.51. The molecule has 0 saturated carbocycles. The summed E-state index contributed by atoms with van der Waals surface area (Å²) >= 11 is 0. The number of hydrogen-bond acceptors (Lipinski definition) is 3. The van der Waals surface area contributed by atoms with Crippen molar-refractivity contribution < 1.29 is 18.5 Å². The van der Waals surface area contributed by atoms with E-state index in [-0.39, 0.29) is 0 Å². The van der Waals surface area contributed by atoms with E-state index in [9.17, 15) is 9.46 Å². The molecule has 0 fully saturated rings. The summed E-state index contributed by atoms with van der Waals surface area (Å²) in [6, 6.07) is 24.8. The minimum atomic E-state index is -4.15. The topological polar surface area (TPSA) is 55.8 Å². The highest BCUT2D eigenvalue weighted by molar-refractivity contribution is 7.47. The standard InChI is InChI=1S/C19H17O4P/c1-22-24(20,21)23-18-14-8-13-17(15-9-4-2-5-10-15)19(18)16-11-6-3-7-12-16/h2-14H,1H3,(H,20,21). The van der Waals surface area contributed by atoms with Crippen LogP contribution >= 0.6 is 7.82 Å². The zero-order valence-electron chi connectivity index (χ0n) is 13.1. The first-order chi connectivity index (χ1) is 11.6. The predicted molar refractivity (Wildman–Crippen MR) is 94.8 cm³/mol. The van der Waals surface area contributed by atoms with Crippen molar-refractivity contribution in [2.24, 2.45) is 0 Å². The number of benzene rings is 3. The van der Waals surface area contributed by atoms with E-state index in [1.54, 1.807) is 12.1 Å². The van der Waals surface area contributed by atoms with Crippen molar-refractivity contribution in [1.29, 1.82) is 0 Å². The van der Waals surface area contributed by atoms with Crippen LogP contribution in [0.2, 0.25) is 0 Å². The Balaban J connectivity index is 2.22. The Morgan fingerprint density at radius 2 is 1.38 bits per heavy atom. The summed E-state index contributed by atoms with van der Waals surface area (Å²) in [6.07, 6.45) is 0. The van der Waals surface area contributed by atoms with Crippen LogP contribution in [0.3, 0.4) is 0 Å². The van der Waals surface area contributed by atoms with Gasteiger partial charge < -0.3 is 4.52 Å². The van der Waals surface area contributed by atoms with E-state index in [2.05, 4.69) is 4.52 Å². The number of rotatable bonds is 5. The smallest absolute Gasteiger partial charge is 0.403 e. The van der Waals surface area contributed by atoms with Gasteiger partial charge >= 0.3 is 7.82 Å². The van der Waals surface area contributed by atoms with Gasteiger partial charge in [-0.1, -0.05) is 72.8 Å². The first-order valence-electron chi connectivity index (χ1n) is 7.43. The van der Waals surface area contributed by atoms with Gasteiger partial charge in [0.2, 0.25) is 0 Å². The second-order valence-electron chi connectivity index (χ2n) is 5.15. The van der Waals surface area contributed by atoms with E-state index >= 15 is 0 Å². The van der Waals surface area contributed by atoms with Crippen LogP contribution in [0, 0.1) is 0 Å². The maximum absolute atomic E-state index is 11.9. The third kappa shape index (κ3) is 3.57. The summed E-state index contributed by atoms with van der Waals surface area (Å²) in [5, 5.41) is 0. The zero-order chi connectivity index (χ0) is 17.0. The van der Waals surface area contributed by atoms with Gasteiger partial charge in [-0.3, -0.25) is 9.42 Å². The van der Waals surface area contributed by atoms with E-state index in [1.165, 1.54) is 0 Å². The first kappa shape index (κ1) is 16.5. The highest BCUT2D eigenvalue weighted by atomic mass is 31.2. The molecule has 0 radical (unpaired) electrons. The Labute approximate surface area is 140 Å². The van der Waals surface area contributed by atoms with Crippen LogP contribution < -0.4 is 4.52 Å². The molecule has 1 unspecified atom stereocenters. The molecule has 4 nitrogen and oxygen atoms in total. The minimum Gasteiger partial charge on any atom is -0.403 e. The van der Waals surface area contributed by atoms with Crippen molar-refractivity contribution in [2.75, 3.05) is 7.11 Å². The Kier molecular flexibility index (Phi) is 4.81. The molecule has 0 bridgehead atoms. The summed E-state index contributed by atoms with van der Waals surface area (Å²) in [7, 11) is -3.01. The van der Waals surface area contributed by atoms with Gasteiger partial charge in [-0.05, 0) is 22.8 Å². The minimum absolute atomic E-state index is 0.301. The van der Waals surface area contributed by atoms with Crippen LogP contribution in [0.4, 0.5) is 0 Å². The normalized spacial score (nSPS) is 13.2. The maximum atomic E-state index is 11.9. The van der Waals surface area contributed by atoms with Gasteiger partial charge in [0.15, 0.2) is 0 Å². The van der Waals surface area contributed by atoms with E-state index in [0.717, 1.165) is 29.4 Å². The van der Waals surface area contributed by atoms with Crippen molar-refractivity contribution in [1.82, 2.24) is 0 Å². The van der Waals surface area contributed by atoms with Crippen molar-refractivity contribution in [2.45, 2.75) is 0 Å². The Morgan fingerprint density at radius 1 is 0.792 bits per heavy atom. The van der Waals surface area contributed by atoms with Crippen molar-refractivity contribution >= 4 is 7.82 Å². The van der Waals surface area contributed by atoms with E-state index < -0.39 is 7.82 Å². The lowest BCUT2D eigenvalue weighted by atomic mass is 9.94. The molecule has 1 N–H and O–H groups in total. The largest absolute Gasteiger partial charge is 0.527 e. The molecule has 1 atom stereocenters. The molecule has 3 aromatic carbocycles. The average molecular weight is 340 g/mol. The fourth-order valence-electron chi connectivity index (χ4n) is 2.53. The molecule has 3 rings (SSSR count). The van der Waals surface area contributed by atoms with E-state index in [0.29, 0.717) is 5.75 Å². The lowest BCUT2D eigenvalue weighted by molar-refractivity contribution is 0.243. The molecule has 0 aliphatic carbocycles. The molecule has 0 amide bonds. The summed E-state index contributed by atoms with van der Waals surface area (Å²) in [5.74, 6) is 0.301. The van der Waals surface area contributed by atoms with Gasteiger partial charge in [-0.15, -0.1) is 0 Å². The molecule has 122 valence electrons. The van der Waals surface area contributed by atoms with Crippen LogP contribution in [0.15, 0.2) is 78.9 Å². The lowest BCUT2D eigenvalue weighted by Crippen LogP contribution is -1.97. The van der Waals surface area contributed by atoms with Crippen LogP contribution in [-0.2, 0) is 9.09 Å². The molecule has 0 aliphatic rings. The van der Waals surface area contributed by atoms with Gasteiger partial charge in [0.1, 0.15) is 5.75 Å². The van der Waals surface area contributed by atoms with Crippen LogP contribution in [-0.4, -0.2) is 12.0 Å². The van der Waals surface area contributed by atoms with Gasteiger partial charge in [-0.2, -0.15) is 0 Å². The summed E-state index contributed by atoms with van der Waals surface area (Å²) < 4.78 is 21.7. The fraction of sp³-hybridized carbons (Fsp3) is 0.0526. The molecule has 24 heavy (non-hydrogen) atoms. The lowest BCUT2D eigenvalue weighted by Gasteiger charge is -2.17. The maximum Gasteiger partial charge on any atom is 0.527 e. The SMILES string of the molecule is COP(=O)(O)Oc1cccc(-c2ccccc2)c1-c1ccccc1. The second-order valence-corrected chi connectivity index (χ2v) is 6.64. The summed E-state index contributed by atoms with van der Waals surface area (Å²) in [5.41, 5.74) is 3.54. The molecule has 0 aliphatic heterocycles. The molecule has 0 saturated heterocycles. The van der Waals surface area contributed by atoms with Crippen molar-refractivity contribution in [3.05, 3.63) is 78.9 Å². The molecule has 0 heterocycles. The van der Waals surface area contributed by atoms with E-state index in [4.69, 9.17) is 4.52 Å². The molecule has 5 heteroatoms. The van der Waals surface area contributed by atoms with Gasteiger partial charge in [0, 0.05) is 12.7 Å². The Hall–Kier alpha value is -2.39. The highest BCUT2D eigenvalue weighted by Gasteiger charge is 2.24. The summed E-state index contributed by atoms with van der Waals surface area (Å²) in [6.45, 7) is 0. The Bertz CT molecular complexity index is 863. The van der Waals surface area contributed by atoms with Crippen LogP contribution in [0.1, 0.15) is 0 Å². The van der Waals surface area contributed by atoms with Gasteiger partial charge in [-0.25, -0.2) is 4.57 Å². The van der Waals surface area contributed by atoms with Gasteiger partial charge in [0.25, 0.3) is 0 Å². The molecular weight excluding hydrogens is 323 g/mol. The molecule has 0 spiro atoms.